The first-order valence-corrected chi connectivity index (χ1v) is 4.68. The van der Waals surface area contributed by atoms with Crippen LogP contribution in [-0.2, 0) is 4.74 Å². The third kappa shape index (κ3) is 2.22. The molecule has 70 valence electrons. The summed E-state index contributed by atoms with van der Waals surface area (Å²) in [5.41, 5.74) is 0. The lowest BCUT2D eigenvalue weighted by molar-refractivity contribution is -0.0393. The summed E-state index contributed by atoms with van der Waals surface area (Å²) >= 11 is 0. The molecule has 0 aromatic heterocycles. The molecule has 2 nitrogen and oxygen atoms in total. The van der Waals surface area contributed by atoms with Gasteiger partial charge in [0, 0.05) is 6.42 Å². The van der Waals surface area contributed by atoms with Gasteiger partial charge in [0.25, 0.3) is 0 Å². The molecule has 0 saturated carbocycles. The van der Waals surface area contributed by atoms with E-state index in [0.29, 0.717) is 5.92 Å². The summed E-state index contributed by atoms with van der Waals surface area (Å²) < 4.78 is 11.1. The highest BCUT2D eigenvalue weighted by Gasteiger charge is 2.23. The second-order valence-corrected chi connectivity index (χ2v) is 3.53. The van der Waals surface area contributed by atoms with Gasteiger partial charge in [-0.1, -0.05) is 25.1 Å². The molecule has 1 fully saturated rings. The molecule has 1 aliphatic rings. The largest absolute Gasteiger partial charge is 0.465 e. The minimum atomic E-state index is -0.0441. The predicted octanol–water partition coefficient (Wildman–Crippen LogP) is 2.45. The molecule has 0 bridgehead atoms. The van der Waals surface area contributed by atoms with Crippen LogP contribution in [0.15, 0.2) is 30.3 Å². The lowest BCUT2D eigenvalue weighted by Gasteiger charge is -2.11. The third-order valence-electron chi connectivity index (χ3n) is 2.17. The number of ether oxygens (including phenoxy) is 2. The van der Waals surface area contributed by atoms with Crippen LogP contribution in [0.2, 0.25) is 0 Å². The van der Waals surface area contributed by atoms with Crippen LogP contribution in [0.1, 0.15) is 13.3 Å². The van der Waals surface area contributed by atoms with Crippen molar-refractivity contribution < 1.29 is 9.47 Å². The van der Waals surface area contributed by atoms with Gasteiger partial charge in [0.1, 0.15) is 5.75 Å². The molecule has 0 spiro atoms. The molecule has 0 aliphatic carbocycles. The van der Waals surface area contributed by atoms with Crippen LogP contribution in [0.25, 0.3) is 0 Å². The molecule has 13 heavy (non-hydrogen) atoms. The van der Waals surface area contributed by atoms with Crippen molar-refractivity contribution >= 4 is 0 Å². The molecule has 1 aromatic rings. The molecule has 2 atom stereocenters. The van der Waals surface area contributed by atoms with Crippen molar-refractivity contribution in [3.63, 3.8) is 0 Å². The number of hydrogen-bond donors (Lipinski definition) is 0. The average molecular weight is 178 g/mol. The predicted molar refractivity (Wildman–Crippen MR) is 50.6 cm³/mol. The number of benzene rings is 1. The lowest BCUT2D eigenvalue weighted by Crippen LogP contribution is -2.13. The summed E-state index contributed by atoms with van der Waals surface area (Å²) in [6, 6.07) is 9.81. The zero-order valence-electron chi connectivity index (χ0n) is 7.77. The summed E-state index contributed by atoms with van der Waals surface area (Å²) in [4.78, 5) is 0. The Labute approximate surface area is 78.5 Å². The molecule has 1 saturated heterocycles. The molecule has 1 unspecified atom stereocenters. The van der Waals surface area contributed by atoms with Crippen LogP contribution < -0.4 is 4.74 Å². The van der Waals surface area contributed by atoms with E-state index in [1.807, 2.05) is 30.3 Å². The van der Waals surface area contributed by atoms with E-state index in [9.17, 15) is 0 Å². The van der Waals surface area contributed by atoms with Crippen molar-refractivity contribution in [2.75, 3.05) is 6.61 Å². The fourth-order valence-corrected chi connectivity index (χ4v) is 1.47. The van der Waals surface area contributed by atoms with E-state index >= 15 is 0 Å². The first kappa shape index (κ1) is 8.57. The molecule has 2 heteroatoms. The molecule has 1 heterocycles. The Hall–Kier alpha value is -1.02. The van der Waals surface area contributed by atoms with Gasteiger partial charge in [-0.3, -0.25) is 0 Å². The van der Waals surface area contributed by atoms with E-state index in [4.69, 9.17) is 9.47 Å². The van der Waals surface area contributed by atoms with Crippen molar-refractivity contribution in [1.82, 2.24) is 0 Å². The van der Waals surface area contributed by atoms with Gasteiger partial charge in [0.15, 0.2) is 6.29 Å². The summed E-state index contributed by atoms with van der Waals surface area (Å²) in [5.74, 6) is 1.51. The Kier molecular flexibility index (Phi) is 2.50. The molecule has 0 radical (unpaired) electrons. The number of para-hydroxylation sites is 1. The Balaban J connectivity index is 1.92. The van der Waals surface area contributed by atoms with E-state index in [-0.39, 0.29) is 6.29 Å². The van der Waals surface area contributed by atoms with E-state index in [1.165, 1.54) is 0 Å². The highest BCUT2D eigenvalue weighted by Crippen LogP contribution is 2.22. The van der Waals surface area contributed by atoms with Crippen molar-refractivity contribution in [2.24, 2.45) is 5.92 Å². The second kappa shape index (κ2) is 3.79. The molecule has 1 aliphatic heterocycles. The molecule has 2 rings (SSSR count). The molecular formula is C11H14O2. The SMILES string of the molecule is C[C@H]1COC(Oc2ccccc2)C1. The topological polar surface area (TPSA) is 18.5 Å². The summed E-state index contributed by atoms with van der Waals surface area (Å²) in [7, 11) is 0. The summed E-state index contributed by atoms with van der Waals surface area (Å²) in [6.45, 7) is 2.99. The number of hydrogen-bond acceptors (Lipinski definition) is 2. The zero-order chi connectivity index (χ0) is 9.10. The first-order valence-electron chi connectivity index (χ1n) is 4.68. The van der Waals surface area contributed by atoms with Crippen molar-refractivity contribution in [3.05, 3.63) is 30.3 Å². The lowest BCUT2D eigenvalue weighted by atomic mass is 10.1. The maximum atomic E-state index is 5.62. The van der Waals surface area contributed by atoms with Gasteiger partial charge in [0.2, 0.25) is 0 Å². The van der Waals surface area contributed by atoms with E-state index in [0.717, 1.165) is 18.8 Å². The minimum absolute atomic E-state index is 0.0441. The fourth-order valence-electron chi connectivity index (χ4n) is 1.47. The zero-order valence-corrected chi connectivity index (χ0v) is 7.77. The summed E-state index contributed by atoms with van der Waals surface area (Å²) in [5, 5.41) is 0. The van der Waals surface area contributed by atoms with E-state index in [2.05, 4.69) is 6.92 Å². The smallest absolute Gasteiger partial charge is 0.200 e. The average Bonchev–Trinajstić information content (AvgIpc) is 2.53. The van der Waals surface area contributed by atoms with Gasteiger partial charge in [-0.15, -0.1) is 0 Å². The fraction of sp³-hybridized carbons (Fsp3) is 0.455. The number of rotatable bonds is 2. The van der Waals surface area contributed by atoms with Gasteiger partial charge >= 0.3 is 0 Å². The molecule has 0 amide bonds. The van der Waals surface area contributed by atoms with Crippen molar-refractivity contribution in [1.29, 1.82) is 0 Å². The summed E-state index contributed by atoms with van der Waals surface area (Å²) in [6.07, 6.45) is 0.951. The quantitative estimate of drug-likeness (QED) is 0.692. The Morgan fingerprint density at radius 3 is 2.69 bits per heavy atom. The highest BCUT2D eigenvalue weighted by atomic mass is 16.7. The van der Waals surface area contributed by atoms with Crippen LogP contribution in [0.3, 0.4) is 0 Å². The van der Waals surface area contributed by atoms with Crippen LogP contribution in [0.5, 0.6) is 5.75 Å². The second-order valence-electron chi connectivity index (χ2n) is 3.53. The van der Waals surface area contributed by atoms with Crippen molar-refractivity contribution in [2.45, 2.75) is 19.6 Å². The normalized spacial score (nSPS) is 27.5. The van der Waals surface area contributed by atoms with Crippen molar-refractivity contribution in [3.8, 4) is 5.75 Å². The van der Waals surface area contributed by atoms with Gasteiger partial charge < -0.3 is 9.47 Å². The Morgan fingerprint density at radius 1 is 1.31 bits per heavy atom. The third-order valence-corrected chi connectivity index (χ3v) is 2.17. The first-order chi connectivity index (χ1) is 6.34. The maximum absolute atomic E-state index is 5.62. The van der Waals surface area contributed by atoms with Crippen LogP contribution in [-0.4, -0.2) is 12.9 Å². The Bertz CT molecular complexity index is 258. The highest BCUT2D eigenvalue weighted by molar-refractivity contribution is 5.21. The van der Waals surface area contributed by atoms with Gasteiger partial charge in [-0.2, -0.15) is 0 Å². The molecular weight excluding hydrogens is 164 g/mol. The monoisotopic (exact) mass is 178 g/mol. The van der Waals surface area contributed by atoms with E-state index < -0.39 is 0 Å². The van der Waals surface area contributed by atoms with Gasteiger partial charge in [-0.25, -0.2) is 0 Å². The Morgan fingerprint density at radius 2 is 2.08 bits per heavy atom. The van der Waals surface area contributed by atoms with Crippen LogP contribution in [0.4, 0.5) is 0 Å². The van der Waals surface area contributed by atoms with Crippen LogP contribution in [0, 0.1) is 5.92 Å². The van der Waals surface area contributed by atoms with Gasteiger partial charge in [-0.05, 0) is 18.1 Å². The van der Waals surface area contributed by atoms with E-state index in [1.54, 1.807) is 0 Å². The standard InChI is InChI=1S/C11H14O2/c1-9-7-11(12-8-9)13-10-5-3-2-4-6-10/h2-6,9,11H,7-8H2,1H3/t9-,11?/m1/s1. The van der Waals surface area contributed by atoms with Gasteiger partial charge in [0.05, 0.1) is 6.61 Å². The molecule has 1 aromatic carbocycles. The molecule has 0 N–H and O–H groups in total. The maximum Gasteiger partial charge on any atom is 0.200 e. The minimum Gasteiger partial charge on any atom is -0.465 e. The van der Waals surface area contributed by atoms with Crippen LogP contribution >= 0.6 is 0 Å².